The molecule has 1 aromatic carbocycles. The zero-order valence-corrected chi connectivity index (χ0v) is 13.4. The number of esters is 1. The van der Waals surface area contributed by atoms with Crippen molar-refractivity contribution in [2.24, 2.45) is 0 Å². The maximum Gasteiger partial charge on any atom is 0.306 e. The molecular formula is C17H26O4. The van der Waals surface area contributed by atoms with Crippen LogP contribution in [0.3, 0.4) is 0 Å². The van der Waals surface area contributed by atoms with Crippen molar-refractivity contribution in [2.45, 2.75) is 52.4 Å². The van der Waals surface area contributed by atoms with Crippen LogP contribution in [0.1, 0.15) is 50.3 Å². The zero-order chi connectivity index (χ0) is 16.0. The summed E-state index contributed by atoms with van der Waals surface area (Å²) in [6.07, 6.45) is 1.36. The molecule has 0 heterocycles. The van der Waals surface area contributed by atoms with Gasteiger partial charge in [0.1, 0.15) is 5.75 Å². The van der Waals surface area contributed by atoms with E-state index in [0.29, 0.717) is 25.0 Å². The molecule has 0 saturated heterocycles. The number of phenols is 1. The summed E-state index contributed by atoms with van der Waals surface area (Å²) in [5.74, 6) is 0.0725. The van der Waals surface area contributed by atoms with E-state index < -0.39 is 0 Å². The van der Waals surface area contributed by atoms with Crippen molar-refractivity contribution in [2.75, 3.05) is 13.2 Å². The van der Waals surface area contributed by atoms with Gasteiger partial charge in [-0.1, -0.05) is 32.9 Å². The van der Waals surface area contributed by atoms with E-state index in [2.05, 4.69) is 20.8 Å². The number of carbonyl (C=O) groups excluding carboxylic acids is 1. The predicted molar refractivity (Wildman–Crippen MR) is 82.5 cm³/mol. The molecule has 0 aliphatic rings. The molecule has 0 amide bonds. The lowest BCUT2D eigenvalue weighted by atomic mass is 9.83. The summed E-state index contributed by atoms with van der Waals surface area (Å²) < 4.78 is 5.01. The Hall–Kier alpha value is -1.55. The standard InChI is InChI=1S/C17H26O4/c1-12-10-13(6-7-15(19)21-9-5-8-18)11-14(16(12)20)17(2,3)4/h10-11,18,20H,5-9H2,1-4H3. The van der Waals surface area contributed by atoms with E-state index in [1.807, 2.05) is 19.1 Å². The van der Waals surface area contributed by atoms with Crippen LogP contribution >= 0.6 is 0 Å². The van der Waals surface area contributed by atoms with Crippen LogP contribution in [0.25, 0.3) is 0 Å². The lowest BCUT2D eigenvalue weighted by molar-refractivity contribution is -0.143. The van der Waals surface area contributed by atoms with Crippen LogP contribution < -0.4 is 0 Å². The van der Waals surface area contributed by atoms with Crippen LogP contribution in [0.5, 0.6) is 5.75 Å². The van der Waals surface area contributed by atoms with E-state index in [1.54, 1.807) is 0 Å². The first-order chi connectivity index (χ1) is 9.75. The van der Waals surface area contributed by atoms with Gasteiger partial charge in [-0.05, 0) is 35.4 Å². The van der Waals surface area contributed by atoms with E-state index in [4.69, 9.17) is 9.84 Å². The molecule has 0 atom stereocenters. The van der Waals surface area contributed by atoms with E-state index in [0.717, 1.165) is 16.7 Å². The average molecular weight is 294 g/mol. The van der Waals surface area contributed by atoms with E-state index in [9.17, 15) is 9.90 Å². The summed E-state index contributed by atoms with van der Waals surface area (Å²) in [6, 6.07) is 3.87. The number of aliphatic hydroxyl groups is 1. The summed E-state index contributed by atoms with van der Waals surface area (Å²) in [4.78, 5) is 11.6. The Labute approximate surface area is 126 Å². The van der Waals surface area contributed by atoms with Crippen molar-refractivity contribution < 1.29 is 19.7 Å². The van der Waals surface area contributed by atoms with Crippen molar-refractivity contribution in [3.05, 3.63) is 28.8 Å². The number of aromatic hydroxyl groups is 1. The molecule has 0 saturated carbocycles. The molecule has 0 aliphatic heterocycles. The molecule has 0 aromatic heterocycles. The molecule has 2 N–H and O–H groups in total. The average Bonchev–Trinajstić information content (AvgIpc) is 2.39. The van der Waals surface area contributed by atoms with Gasteiger partial charge in [0.2, 0.25) is 0 Å². The van der Waals surface area contributed by atoms with Gasteiger partial charge in [-0.2, -0.15) is 0 Å². The fraction of sp³-hybridized carbons (Fsp3) is 0.588. The minimum absolute atomic E-state index is 0.0272. The van der Waals surface area contributed by atoms with Crippen LogP contribution in [0.4, 0.5) is 0 Å². The Morgan fingerprint density at radius 2 is 1.95 bits per heavy atom. The van der Waals surface area contributed by atoms with Gasteiger partial charge in [-0.25, -0.2) is 0 Å². The second-order valence-electron chi connectivity index (χ2n) is 6.36. The number of aryl methyl sites for hydroxylation is 2. The smallest absolute Gasteiger partial charge is 0.306 e. The molecule has 0 spiro atoms. The van der Waals surface area contributed by atoms with Crippen molar-refractivity contribution in [3.8, 4) is 5.75 Å². The predicted octanol–water partition coefficient (Wildman–Crippen LogP) is 2.86. The Bertz CT molecular complexity index is 486. The molecular weight excluding hydrogens is 268 g/mol. The van der Waals surface area contributed by atoms with Crippen molar-refractivity contribution >= 4 is 5.97 Å². The lowest BCUT2D eigenvalue weighted by Crippen LogP contribution is -2.13. The van der Waals surface area contributed by atoms with Crippen LogP contribution in [0.2, 0.25) is 0 Å². The molecule has 21 heavy (non-hydrogen) atoms. The second kappa shape index (κ2) is 7.46. The van der Waals surface area contributed by atoms with Crippen molar-refractivity contribution in [3.63, 3.8) is 0 Å². The zero-order valence-electron chi connectivity index (χ0n) is 13.4. The summed E-state index contributed by atoms with van der Waals surface area (Å²) in [5, 5.41) is 18.8. The third-order valence-corrected chi connectivity index (χ3v) is 3.35. The van der Waals surface area contributed by atoms with Gasteiger partial charge in [0.15, 0.2) is 0 Å². The molecule has 118 valence electrons. The third-order valence-electron chi connectivity index (χ3n) is 3.35. The Balaban J connectivity index is 2.72. The highest BCUT2D eigenvalue weighted by Gasteiger charge is 2.20. The fourth-order valence-corrected chi connectivity index (χ4v) is 2.14. The van der Waals surface area contributed by atoms with Gasteiger partial charge in [-0.3, -0.25) is 4.79 Å². The maximum absolute atomic E-state index is 11.6. The van der Waals surface area contributed by atoms with Gasteiger partial charge in [0, 0.05) is 19.4 Å². The Morgan fingerprint density at radius 3 is 2.52 bits per heavy atom. The quantitative estimate of drug-likeness (QED) is 0.625. The first-order valence-corrected chi connectivity index (χ1v) is 7.35. The molecule has 4 heteroatoms. The van der Waals surface area contributed by atoms with E-state index >= 15 is 0 Å². The number of hydrogen-bond acceptors (Lipinski definition) is 4. The number of hydrogen-bond donors (Lipinski definition) is 2. The van der Waals surface area contributed by atoms with Crippen molar-refractivity contribution in [1.82, 2.24) is 0 Å². The molecule has 0 fully saturated rings. The molecule has 1 aromatic rings. The number of benzene rings is 1. The highest BCUT2D eigenvalue weighted by molar-refractivity contribution is 5.69. The molecule has 4 nitrogen and oxygen atoms in total. The minimum Gasteiger partial charge on any atom is -0.507 e. The van der Waals surface area contributed by atoms with Gasteiger partial charge in [0.05, 0.1) is 6.61 Å². The highest BCUT2D eigenvalue weighted by Crippen LogP contribution is 2.34. The number of carbonyl (C=O) groups is 1. The van der Waals surface area contributed by atoms with Gasteiger partial charge in [0.25, 0.3) is 0 Å². The van der Waals surface area contributed by atoms with Gasteiger partial charge < -0.3 is 14.9 Å². The minimum atomic E-state index is -0.258. The summed E-state index contributed by atoms with van der Waals surface area (Å²) in [6.45, 7) is 8.31. The number of ether oxygens (including phenoxy) is 1. The lowest BCUT2D eigenvalue weighted by Gasteiger charge is -2.22. The Morgan fingerprint density at radius 1 is 1.29 bits per heavy atom. The van der Waals surface area contributed by atoms with Crippen LogP contribution in [0.15, 0.2) is 12.1 Å². The topological polar surface area (TPSA) is 66.8 Å². The van der Waals surface area contributed by atoms with Crippen LogP contribution in [-0.4, -0.2) is 29.4 Å². The first kappa shape index (κ1) is 17.5. The first-order valence-electron chi connectivity index (χ1n) is 7.35. The van der Waals surface area contributed by atoms with Crippen molar-refractivity contribution in [1.29, 1.82) is 0 Å². The number of aliphatic hydroxyl groups excluding tert-OH is 1. The number of phenolic OH excluding ortho intramolecular Hbond substituents is 1. The normalized spacial score (nSPS) is 11.5. The third kappa shape index (κ3) is 5.38. The maximum atomic E-state index is 11.6. The van der Waals surface area contributed by atoms with Gasteiger partial charge in [-0.15, -0.1) is 0 Å². The second-order valence-corrected chi connectivity index (χ2v) is 6.36. The molecule has 0 unspecified atom stereocenters. The van der Waals surface area contributed by atoms with E-state index in [-0.39, 0.29) is 24.6 Å². The molecule has 0 aliphatic carbocycles. The van der Waals surface area contributed by atoms with Crippen LogP contribution in [0, 0.1) is 6.92 Å². The largest absolute Gasteiger partial charge is 0.507 e. The summed E-state index contributed by atoms with van der Waals surface area (Å²) in [7, 11) is 0. The summed E-state index contributed by atoms with van der Waals surface area (Å²) >= 11 is 0. The molecule has 0 radical (unpaired) electrons. The number of rotatable bonds is 6. The monoisotopic (exact) mass is 294 g/mol. The van der Waals surface area contributed by atoms with Gasteiger partial charge >= 0.3 is 5.97 Å². The SMILES string of the molecule is Cc1cc(CCC(=O)OCCCO)cc(C(C)(C)C)c1O. The van der Waals surface area contributed by atoms with E-state index in [1.165, 1.54) is 0 Å². The molecule has 1 rings (SSSR count). The molecule has 0 bridgehead atoms. The van der Waals surface area contributed by atoms with Crippen LogP contribution in [-0.2, 0) is 21.4 Å². The Kier molecular flexibility index (Phi) is 6.21. The highest BCUT2D eigenvalue weighted by atomic mass is 16.5. The summed E-state index contributed by atoms with van der Waals surface area (Å²) in [5.41, 5.74) is 2.60. The fourth-order valence-electron chi connectivity index (χ4n) is 2.14.